The monoisotopic (exact) mass is 390 g/mol. The second-order valence-corrected chi connectivity index (χ2v) is 6.48. The highest BCUT2D eigenvalue weighted by Crippen LogP contribution is 2.35. The Morgan fingerprint density at radius 3 is 2.39 bits per heavy atom. The van der Waals surface area contributed by atoms with E-state index in [2.05, 4.69) is 0 Å². The van der Waals surface area contributed by atoms with Gasteiger partial charge in [-0.05, 0) is 72.6 Å². The van der Waals surface area contributed by atoms with Crippen LogP contribution in [0.3, 0.4) is 0 Å². The van der Waals surface area contributed by atoms with Crippen LogP contribution >= 0.6 is 0 Å². The second-order valence-electron chi connectivity index (χ2n) is 6.48. The molecule has 0 radical (unpaired) electrons. The summed E-state index contributed by atoms with van der Waals surface area (Å²) < 4.78 is 47.3. The van der Waals surface area contributed by atoms with Gasteiger partial charge in [0.2, 0.25) is 5.82 Å². The van der Waals surface area contributed by atoms with Crippen LogP contribution in [0, 0.1) is 24.4 Å². The van der Waals surface area contributed by atoms with Crippen molar-refractivity contribution in [3.63, 3.8) is 0 Å². The highest BCUT2D eigenvalue weighted by molar-refractivity contribution is 5.71. The summed E-state index contributed by atoms with van der Waals surface area (Å²) in [4.78, 5) is 16.2. The lowest BCUT2D eigenvalue weighted by atomic mass is 10.0. The van der Waals surface area contributed by atoms with Gasteiger partial charge in [0, 0.05) is 0 Å². The first-order valence-corrected chi connectivity index (χ1v) is 8.99. The zero-order chi connectivity index (χ0) is 20.7. The number of aryl methyl sites for hydroxylation is 2. The minimum Gasteiger partial charge on any atom is -0.486 e. The number of ether oxygens (including phenoxy) is 1. The van der Waals surface area contributed by atoms with Gasteiger partial charge in [0.05, 0.1) is 0 Å². The van der Waals surface area contributed by atoms with Gasteiger partial charge in [0.1, 0.15) is 12.4 Å². The number of benzene rings is 2. The van der Waals surface area contributed by atoms with E-state index in [1.807, 2.05) is 6.07 Å². The predicted molar refractivity (Wildman–Crippen MR) is 98.1 cm³/mol. The lowest BCUT2D eigenvalue weighted by Crippen LogP contribution is -2.05. The van der Waals surface area contributed by atoms with Crippen LogP contribution in [0.1, 0.15) is 42.9 Å². The fourth-order valence-corrected chi connectivity index (χ4v) is 3.22. The molecule has 0 aromatic heterocycles. The molecule has 0 amide bonds. The standard InChI is InChI=1S/C21H21F3O.CO2/c1-3-14-9-10-19(21(24)20(14)23)25-12-16-5-4-6-17(16)15-8-7-13(2)18(22)11-15;2-1-3/h7-11H,3-6,12H2,1-2H3;. The van der Waals surface area contributed by atoms with Gasteiger partial charge < -0.3 is 4.74 Å². The number of carbonyl (C=O) groups excluding carboxylic acids is 2. The van der Waals surface area contributed by atoms with Crippen LogP contribution in [-0.2, 0) is 16.0 Å². The van der Waals surface area contributed by atoms with E-state index in [0.29, 0.717) is 17.5 Å². The van der Waals surface area contributed by atoms with Gasteiger partial charge in [-0.3, -0.25) is 0 Å². The molecule has 28 heavy (non-hydrogen) atoms. The Bertz CT molecular complexity index is 913. The zero-order valence-electron chi connectivity index (χ0n) is 15.8. The molecule has 3 rings (SSSR count). The van der Waals surface area contributed by atoms with Crippen molar-refractivity contribution in [3.8, 4) is 5.75 Å². The third-order valence-electron chi connectivity index (χ3n) is 4.76. The number of allylic oxidation sites excluding steroid dienone is 1. The van der Waals surface area contributed by atoms with E-state index >= 15 is 0 Å². The van der Waals surface area contributed by atoms with Gasteiger partial charge in [-0.15, -0.1) is 0 Å². The molecule has 0 saturated heterocycles. The van der Waals surface area contributed by atoms with Crippen LogP contribution in [-0.4, -0.2) is 12.8 Å². The van der Waals surface area contributed by atoms with Crippen LogP contribution < -0.4 is 4.74 Å². The second kappa shape index (κ2) is 9.90. The molecule has 0 heterocycles. The van der Waals surface area contributed by atoms with Crippen molar-refractivity contribution in [1.29, 1.82) is 0 Å². The highest BCUT2D eigenvalue weighted by atomic mass is 19.2. The fourth-order valence-electron chi connectivity index (χ4n) is 3.22. The number of halogens is 3. The average Bonchev–Trinajstić information content (AvgIpc) is 3.14. The van der Waals surface area contributed by atoms with Crippen LogP contribution in [0.2, 0.25) is 0 Å². The molecule has 3 nitrogen and oxygen atoms in total. The number of rotatable bonds is 5. The first-order valence-electron chi connectivity index (χ1n) is 8.99. The normalized spacial score (nSPS) is 13.0. The summed E-state index contributed by atoms with van der Waals surface area (Å²) in [6.45, 7) is 3.69. The quantitative estimate of drug-likeness (QED) is 0.686. The predicted octanol–water partition coefficient (Wildman–Crippen LogP) is 5.41. The molecule has 0 bridgehead atoms. The average molecular weight is 390 g/mol. The van der Waals surface area contributed by atoms with Gasteiger partial charge in [-0.2, -0.15) is 14.0 Å². The molecule has 0 saturated carbocycles. The smallest absolute Gasteiger partial charge is 0.373 e. The highest BCUT2D eigenvalue weighted by Gasteiger charge is 2.19. The van der Waals surface area contributed by atoms with Crippen molar-refractivity contribution in [2.45, 2.75) is 39.5 Å². The summed E-state index contributed by atoms with van der Waals surface area (Å²) in [7, 11) is 0. The number of hydrogen-bond donors (Lipinski definition) is 0. The largest absolute Gasteiger partial charge is 0.486 e. The van der Waals surface area contributed by atoms with E-state index < -0.39 is 11.6 Å². The van der Waals surface area contributed by atoms with Gasteiger partial charge in [-0.1, -0.05) is 25.1 Å². The van der Waals surface area contributed by atoms with Crippen molar-refractivity contribution >= 4 is 11.7 Å². The van der Waals surface area contributed by atoms with Crippen LogP contribution in [0.15, 0.2) is 35.9 Å². The Labute approximate surface area is 161 Å². The van der Waals surface area contributed by atoms with Crippen LogP contribution in [0.4, 0.5) is 13.2 Å². The first-order chi connectivity index (χ1) is 13.4. The minimum absolute atomic E-state index is 0.0801. The molecule has 1 aliphatic carbocycles. The topological polar surface area (TPSA) is 43.4 Å². The third-order valence-corrected chi connectivity index (χ3v) is 4.76. The molecular formula is C22H21F3O3. The lowest BCUT2D eigenvalue weighted by molar-refractivity contribution is -0.191. The van der Waals surface area contributed by atoms with Gasteiger partial charge in [-0.25, -0.2) is 8.78 Å². The van der Waals surface area contributed by atoms with Gasteiger partial charge in [0.15, 0.2) is 11.6 Å². The van der Waals surface area contributed by atoms with E-state index in [-0.39, 0.29) is 24.3 Å². The molecular weight excluding hydrogens is 369 g/mol. The molecule has 0 aliphatic heterocycles. The van der Waals surface area contributed by atoms with Gasteiger partial charge >= 0.3 is 6.15 Å². The number of hydrogen-bond acceptors (Lipinski definition) is 3. The Morgan fingerprint density at radius 2 is 1.75 bits per heavy atom. The minimum atomic E-state index is -0.944. The Balaban J connectivity index is 0.000000878. The molecule has 0 fully saturated rings. The summed E-state index contributed by atoms with van der Waals surface area (Å²) in [6, 6.07) is 8.21. The van der Waals surface area contributed by atoms with Crippen molar-refractivity contribution in [1.82, 2.24) is 0 Å². The summed E-state index contributed by atoms with van der Waals surface area (Å²) in [5.74, 6) is -2.11. The molecule has 0 spiro atoms. The van der Waals surface area contributed by atoms with Gasteiger partial charge in [0.25, 0.3) is 0 Å². The zero-order valence-corrected chi connectivity index (χ0v) is 15.8. The van der Waals surface area contributed by atoms with E-state index in [1.165, 1.54) is 12.1 Å². The van der Waals surface area contributed by atoms with E-state index in [4.69, 9.17) is 14.3 Å². The Hall–Kier alpha value is -2.85. The summed E-state index contributed by atoms with van der Waals surface area (Å²) >= 11 is 0. The SMILES string of the molecule is CCc1ccc(OCC2=C(c3ccc(C)c(F)c3)CCC2)c(F)c1F.O=C=O. The maximum absolute atomic E-state index is 14.1. The molecule has 0 atom stereocenters. The molecule has 0 N–H and O–H groups in total. The molecule has 2 aromatic rings. The van der Waals surface area contributed by atoms with Crippen LogP contribution in [0.5, 0.6) is 5.75 Å². The molecule has 148 valence electrons. The third kappa shape index (κ3) is 4.90. The van der Waals surface area contributed by atoms with E-state index in [0.717, 1.165) is 36.0 Å². The molecule has 0 unspecified atom stereocenters. The maximum Gasteiger partial charge on any atom is 0.373 e. The summed E-state index contributed by atoms with van der Waals surface area (Å²) in [5, 5.41) is 0. The molecule has 6 heteroatoms. The Morgan fingerprint density at radius 1 is 1.04 bits per heavy atom. The van der Waals surface area contributed by atoms with E-state index in [9.17, 15) is 13.2 Å². The van der Waals surface area contributed by atoms with Crippen molar-refractivity contribution in [3.05, 3.63) is 70.0 Å². The van der Waals surface area contributed by atoms with Crippen molar-refractivity contribution in [2.24, 2.45) is 0 Å². The molecule has 2 aromatic carbocycles. The van der Waals surface area contributed by atoms with Crippen molar-refractivity contribution in [2.75, 3.05) is 6.61 Å². The van der Waals surface area contributed by atoms with Crippen LogP contribution in [0.25, 0.3) is 5.57 Å². The maximum atomic E-state index is 14.1. The first kappa shape index (κ1) is 21.5. The molecule has 1 aliphatic rings. The lowest BCUT2D eigenvalue weighted by Gasteiger charge is -2.12. The summed E-state index contributed by atoms with van der Waals surface area (Å²) in [5.41, 5.74) is 3.84. The summed E-state index contributed by atoms with van der Waals surface area (Å²) in [6.07, 6.45) is 3.29. The Kier molecular flexibility index (Phi) is 7.59. The fraction of sp³-hybridized carbons (Fsp3) is 0.318. The van der Waals surface area contributed by atoms with E-state index in [1.54, 1.807) is 26.0 Å². The van der Waals surface area contributed by atoms with Crippen molar-refractivity contribution < 1.29 is 27.5 Å².